The van der Waals surface area contributed by atoms with Crippen LogP contribution in [0.5, 0.6) is 0 Å². The van der Waals surface area contributed by atoms with Crippen LogP contribution in [0, 0.1) is 0 Å². The average molecular weight is 249 g/mol. The van der Waals surface area contributed by atoms with Gasteiger partial charge in [0.15, 0.2) is 0 Å². The molecular weight excluding hydrogens is 228 g/mol. The normalized spacial score (nSPS) is 24.8. The maximum absolute atomic E-state index is 2.49. The Morgan fingerprint density at radius 1 is 1.08 bits per heavy atom. The first-order valence-corrected chi connectivity index (χ1v) is 14.1. The number of hydrogen-bond acceptors (Lipinski definition) is 2. The number of rotatable bonds is 2. The van der Waals surface area contributed by atoms with Gasteiger partial charge in [0, 0.05) is 4.87 Å². The fraction of sp³-hybridized carbons (Fsp3) is 0.778. The summed E-state index contributed by atoms with van der Waals surface area (Å²) in [7, 11) is 2.04. The monoisotopic (exact) mass is 248 g/mol. The fourth-order valence-corrected chi connectivity index (χ4v) is 15.3. The molecule has 1 unspecified atom stereocenters. The van der Waals surface area contributed by atoms with Gasteiger partial charge in [-0.2, -0.15) is 0 Å². The van der Waals surface area contributed by atoms with E-state index in [1.54, 1.807) is 0 Å². The topological polar surface area (TPSA) is 0 Å². The molecule has 0 bridgehead atoms. The van der Waals surface area contributed by atoms with Gasteiger partial charge in [0.2, 0.25) is 0 Å². The van der Waals surface area contributed by atoms with E-state index in [0.29, 0.717) is 0 Å². The minimum atomic E-state index is -1.04. The summed E-state index contributed by atoms with van der Waals surface area (Å²) in [5, 5.41) is 4.25. The van der Waals surface area contributed by atoms with Gasteiger partial charge in [0.05, 0.1) is 16.1 Å². The second-order valence-electron chi connectivity index (χ2n) is 5.76. The summed E-state index contributed by atoms with van der Waals surface area (Å²) in [5.41, 5.74) is 0. The van der Waals surface area contributed by atoms with Gasteiger partial charge in [-0.1, -0.05) is 66.1 Å². The molecule has 0 saturated heterocycles. The van der Waals surface area contributed by atoms with Crippen molar-refractivity contribution < 1.29 is 0 Å². The first kappa shape index (κ1) is 11.9. The van der Waals surface area contributed by atoms with Crippen molar-refractivity contribution in [3.05, 3.63) is 10.6 Å². The van der Waals surface area contributed by atoms with Crippen LogP contribution in [-0.4, -0.2) is 21.0 Å². The largest absolute Gasteiger partial charge is 0.0853 e. The Bertz CT molecular complexity index is 223. The van der Waals surface area contributed by atoms with E-state index in [4.69, 9.17) is 0 Å². The molecule has 0 amide bonds. The zero-order valence-electron chi connectivity index (χ0n) is 9.47. The average Bonchev–Trinajstić information content (AvgIpc) is 2.27. The molecule has 13 heavy (non-hydrogen) atoms. The first-order valence-electron chi connectivity index (χ1n) is 4.75. The SMILES string of the molecule is C[Si](C)(C)C1=CSSC1[Si](C)(C)C. The van der Waals surface area contributed by atoms with Gasteiger partial charge in [-0.25, -0.2) is 0 Å². The Labute approximate surface area is 92.4 Å². The predicted octanol–water partition coefficient (Wildman–Crippen LogP) is 4.39. The van der Waals surface area contributed by atoms with Crippen molar-refractivity contribution in [2.45, 2.75) is 44.2 Å². The minimum absolute atomic E-state index is 0.879. The van der Waals surface area contributed by atoms with E-state index in [1.165, 1.54) is 0 Å². The van der Waals surface area contributed by atoms with Crippen LogP contribution in [0.15, 0.2) is 10.6 Å². The van der Waals surface area contributed by atoms with Crippen molar-refractivity contribution in [2.24, 2.45) is 0 Å². The van der Waals surface area contributed by atoms with Crippen LogP contribution in [0.2, 0.25) is 39.3 Å². The summed E-state index contributed by atoms with van der Waals surface area (Å²) in [5.74, 6) is 0. The smallest absolute Gasteiger partial charge is 0.0742 e. The molecule has 0 nitrogen and oxygen atoms in total. The van der Waals surface area contributed by atoms with Crippen molar-refractivity contribution in [1.82, 2.24) is 0 Å². The van der Waals surface area contributed by atoms with E-state index in [1.807, 2.05) is 16.0 Å². The summed E-state index contributed by atoms with van der Waals surface area (Å²) in [6.45, 7) is 14.9. The standard InChI is InChI=1S/C9H20S2Si2/c1-12(2,3)8-7-10-11-9(8)13(4,5)6/h7,9H,1-6H3. The highest BCUT2D eigenvalue weighted by Gasteiger charge is 2.39. The van der Waals surface area contributed by atoms with E-state index < -0.39 is 16.1 Å². The van der Waals surface area contributed by atoms with Gasteiger partial charge in [-0.05, 0) is 5.41 Å². The van der Waals surface area contributed by atoms with Gasteiger partial charge in [0.1, 0.15) is 0 Å². The second-order valence-corrected chi connectivity index (χ2v) is 18.8. The molecule has 76 valence electrons. The van der Waals surface area contributed by atoms with Crippen LogP contribution in [0.25, 0.3) is 0 Å². The maximum Gasteiger partial charge on any atom is 0.0742 e. The Morgan fingerprint density at radius 3 is 1.92 bits per heavy atom. The van der Waals surface area contributed by atoms with Crippen molar-refractivity contribution in [2.75, 3.05) is 0 Å². The molecule has 1 heterocycles. The lowest BCUT2D eigenvalue weighted by Gasteiger charge is -2.32. The molecule has 0 radical (unpaired) electrons. The second kappa shape index (κ2) is 3.79. The van der Waals surface area contributed by atoms with E-state index in [0.717, 1.165) is 4.87 Å². The highest BCUT2D eigenvalue weighted by molar-refractivity contribution is 8.79. The minimum Gasteiger partial charge on any atom is -0.0853 e. The lowest BCUT2D eigenvalue weighted by atomic mass is 10.7. The Morgan fingerprint density at radius 2 is 1.62 bits per heavy atom. The lowest BCUT2D eigenvalue weighted by Crippen LogP contribution is -2.42. The third-order valence-corrected chi connectivity index (χ3v) is 12.1. The molecule has 4 heteroatoms. The Balaban J connectivity index is 2.87. The Hall–Kier alpha value is 0.874. The van der Waals surface area contributed by atoms with Crippen LogP contribution in [-0.2, 0) is 0 Å². The zero-order chi connectivity index (χ0) is 10.3. The van der Waals surface area contributed by atoms with Crippen molar-refractivity contribution in [1.29, 1.82) is 0 Å². The highest BCUT2D eigenvalue weighted by Crippen LogP contribution is 2.47. The van der Waals surface area contributed by atoms with E-state index in [-0.39, 0.29) is 0 Å². The molecule has 1 rings (SSSR count). The van der Waals surface area contributed by atoms with E-state index in [9.17, 15) is 0 Å². The molecular formula is C9H20S2Si2. The summed E-state index contributed by atoms with van der Waals surface area (Å²) >= 11 is 0. The molecule has 0 N–H and O–H groups in total. The van der Waals surface area contributed by atoms with Crippen LogP contribution >= 0.6 is 21.6 Å². The Kier molecular flexibility index (Phi) is 3.49. The van der Waals surface area contributed by atoms with Crippen LogP contribution in [0.4, 0.5) is 0 Å². The van der Waals surface area contributed by atoms with Crippen LogP contribution < -0.4 is 0 Å². The van der Waals surface area contributed by atoms with Crippen molar-refractivity contribution in [3.63, 3.8) is 0 Å². The van der Waals surface area contributed by atoms with Crippen LogP contribution in [0.3, 0.4) is 0 Å². The van der Waals surface area contributed by atoms with Crippen molar-refractivity contribution >= 4 is 37.7 Å². The third-order valence-electron chi connectivity index (χ3n) is 2.26. The van der Waals surface area contributed by atoms with Gasteiger partial charge >= 0.3 is 0 Å². The van der Waals surface area contributed by atoms with Crippen molar-refractivity contribution in [3.8, 4) is 0 Å². The van der Waals surface area contributed by atoms with Gasteiger partial charge < -0.3 is 0 Å². The highest BCUT2D eigenvalue weighted by atomic mass is 33.1. The summed E-state index contributed by atoms with van der Waals surface area (Å²) in [6.07, 6.45) is 0. The molecule has 0 fully saturated rings. The quantitative estimate of drug-likeness (QED) is 0.525. The maximum atomic E-state index is 2.49. The molecule has 1 aliphatic heterocycles. The molecule has 1 atom stereocenters. The zero-order valence-corrected chi connectivity index (χ0v) is 13.1. The summed E-state index contributed by atoms with van der Waals surface area (Å²) in [4.78, 5) is 0.879. The molecule has 0 saturated carbocycles. The first-order chi connectivity index (χ1) is 5.73. The summed E-state index contributed by atoms with van der Waals surface area (Å²) < 4.78 is 0. The van der Waals surface area contributed by atoms with Gasteiger partial charge in [-0.15, -0.1) is 0 Å². The molecule has 1 aliphatic rings. The van der Waals surface area contributed by atoms with Gasteiger partial charge in [-0.3, -0.25) is 0 Å². The third kappa shape index (κ3) is 2.91. The van der Waals surface area contributed by atoms with Crippen LogP contribution in [0.1, 0.15) is 0 Å². The van der Waals surface area contributed by atoms with E-state index >= 15 is 0 Å². The fourth-order valence-electron chi connectivity index (χ4n) is 1.43. The summed E-state index contributed by atoms with van der Waals surface area (Å²) in [6, 6.07) is 0. The molecule has 0 spiro atoms. The number of hydrogen-bond donors (Lipinski definition) is 0. The molecule has 0 aromatic rings. The lowest BCUT2D eigenvalue weighted by molar-refractivity contribution is 1.38. The molecule has 0 aromatic carbocycles. The predicted molar refractivity (Wildman–Crippen MR) is 73.7 cm³/mol. The van der Waals surface area contributed by atoms with E-state index in [2.05, 4.69) is 55.5 Å². The molecule has 0 aliphatic carbocycles. The van der Waals surface area contributed by atoms with Gasteiger partial charge in [0.25, 0.3) is 0 Å². The molecule has 0 aromatic heterocycles.